The van der Waals surface area contributed by atoms with E-state index in [1.54, 1.807) is 0 Å². The molecule has 4 heteroatoms. The Bertz CT molecular complexity index is 428. The summed E-state index contributed by atoms with van der Waals surface area (Å²) in [5.74, 6) is 0.0259. The fourth-order valence-corrected chi connectivity index (χ4v) is 1.95. The first-order chi connectivity index (χ1) is 8.65. The first kappa shape index (κ1) is 12.9. The first-order valence-corrected chi connectivity index (χ1v) is 6.36. The molecule has 0 unspecified atom stereocenters. The van der Waals surface area contributed by atoms with Crippen molar-refractivity contribution in [3.05, 3.63) is 29.8 Å². The van der Waals surface area contributed by atoms with Crippen LogP contribution >= 0.6 is 0 Å². The van der Waals surface area contributed by atoms with Crippen LogP contribution in [0.4, 0.5) is 5.69 Å². The van der Waals surface area contributed by atoms with Gasteiger partial charge in [0.1, 0.15) is 0 Å². The van der Waals surface area contributed by atoms with Crippen LogP contribution in [0.2, 0.25) is 0 Å². The molecule has 0 aliphatic heterocycles. The molecule has 0 aromatic heterocycles. The van der Waals surface area contributed by atoms with Gasteiger partial charge in [0.25, 0.3) is 0 Å². The summed E-state index contributed by atoms with van der Waals surface area (Å²) < 4.78 is 0. The molecule has 0 radical (unpaired) electrons. The first-order valence-electron chi connectivity index (χ1n) is 6.36. The second-order valence-electron chi connectivity index (χ2n) is 5.13. The van der Waals surface area contributed by atoms with Gasteiger partial charge in [-0.25, -0.2) is 0 Å². The lowest BCUT2D eigenvalue weighted by molar-refractivity contribution is -0.121. The number of para-hydroxylation sites is 1. The second-order valence-corrected chi connectivity index (χ2v) is 5.13. The topological polar surface area (TPSA) is 75.4 Å². The molecular weight excluding hydrogens is 228 g/mol. The molecule has 1 amide bonds. The van der Waals surface area contributed by atoms with Gasteiger partial charge in [-0.1, -0.05) is 18.2 Å². The second kappa shape index (κ2) is 5.40. The maximum atomic E-state index is 11.7. The quantitative estimate of drug-likeness (QED) is 0.660. The number of hydrogen-bond donors (Lipinski definition) is 3. The van der Waals surface area contributed by atoms with Crippen LogP contribution in [0.1, 0.15) is 24.8 Å². The SMILES string of the molecule is Nc1ccccc1CCC(=O)NCC1(CO)CC1. The van der Waals surface area contributed by atoms with E-state index < -0.39 is 0 Å². The number of nitrogen functional groups attached to an aromatic ring is 1. The van der Waals surface area contributed by atoms with Crippen molar-refractivity contribution in [1.82, 2.24) is 5.32 Å². The lowest BCUT2D eigenvalue weighted by Crippen LogP contribution is -2.31. The Labute approximate surface area is 107 Å². The smallest absolute Gasteiger partial charge is 0.220 e. The number of rotatable bonds is 6. The predicted molar refractivity (Wildman–Crippen MR) is 70.9 cm³/mol. The number of aliphatic hydroxyl groups is 1. The summed E-state index contributed by atoms with van der Waals surface area (Å²) in [6, 6.07) is 7.60. The maximum absolute atomic E-state index is 11.7. The zero-order valence-corrected chi connectivity index (χ0v) is 10.5. The van der Waals surface area contributed by atoms with Crippen molar-refractivity contribution in [2.45, 2.75) is 25.7 Å². The highest BCUT2D eigenvalue weighted by molar-refractivity contribution is 5.76. The Kier molecular flexibility index (Phi) is 3.87. The lowest BCUT2D eigenvalue weighted by Gasteiger charge is -2.12. The van der Waals surface area contributed by atoms with Crippen LogP contribution in [0.5, 0.6) is 0 Å². The van der Waals surface area contributed by atoms with Gasteiger partial charge in [0, 0.05) is 24.1 Å². The fourth-order valence-electron chi connectivity index (χ4n) is 1.95. The number of carbonyl (C=O) groups excluding carboxylic acids is 1. The van der Waals surface area contributed by atoms with E-state index in [2.05, 4.69) is 5.32 Å². The minimum Gasteiger partial charge on any atom is -0.399 e. The van der Waals surface area contributed by atoms with E-state index in [9.17, 15) is 4.79 Å². The summed E-state index contributed by atoms with van der Waals surface area (Å²) in [7, 11) is 0. The largest absolute Gasteiger partial charge is 0.399 e. The van der Waals surface area contributed by atoms with E-state index in [4.69, 9.17) is 10.8 Å². The molecule has 1 saturated carbocycles. The third kappa shape index (κ3) is 3.23. The Hall–Kier alpha value is -1.55. The van der Waals surface area contributed by atoms with E-state index in [-0.39, 0.29) is 17.9 Å². The third-order valence-corrected chi connectivity index (χ3v) is 3.63. The van der Waals surface area contributed by atoms with Crippen molar-refractivity contribution in [3.63, 3.8) is 0 Å². The number of aliphatic hydroxyl groups excluding tert-OH is 1. The van der Waals surface area contributed by atoms with E-state index in [1.807, 2.05) is 24.3 Å². The molecule has 0 bridgehead atoms. The zero-order valence-electron chi connectivity index (χ0n) is 10.5. The minimum absolute atomic E-state index is 0.0259. The van der Waals surface area contributed by atoms with Crippen molar-refractivity contribution in [2.75, 3.05) is 18.9 Å². The molecule has 1 fully saturated rings. The van der Waals surface area contributed by atoms with Gasteiger partial charge in [0.05, 0.1) is 6.61 Å². The normalized spacial score (nSPS) is 16.3. The average molecular weight is 248 g/mol. The fraction of sp³-hybridized carbons (Fsp3) is 0.500. The van der Waals surface area contributed by atoms with Crippen LogP contribution in [0.15, 0.2) is 24.3 Å². The van der Waals surface area contributed by atoms with E-state index in [1.165, 1.54) is 0 Å². The number of nitrogens with two attached hydrogens (primary N) is 1. The number of nitrogens with one attached hydrogen (secondary N) is 1. The van der Waals surface area contributed by atoms with Gasteiger partial charge in [-0.15, -0.1) is 0 Å². The van der Waals surface area contributed by atoms with Crippen molar-refractivity contribution < 1.29 is 9.90 Å². The van der Waals surface area contributed by atoms with Crippen molar-refractivity contribution >= 4 is 11.6 Å². The molecule has 18 heavy (non-hydrogen) atoms. The molecule has 1 aliphatic carbocycles. The third-order valence-electron chi connectivity index (χ3n) is 3.63. The Morgan fingerprint density at radius 1 is 1.39 bits per heavy atom. The molecule has 0 spiro atoms. The highest BCUT2D eigenvalue weighted by atomic mass is 16.3. The number of hydrogen-bond acceptors (Lipinski definition) is 3. The molecule has 4 N–H and O–H groups in total. The zero-order chi connectivity index (χ0) is 13.0. The van der Waals surface area contributed by atoms with Crippen LogP contribution in [0.3, 0.4) is 0 Å². The van der Waals surface area contributed by atoms with E-state index in [0.29, 0.717) is 19.4 Å². The highest BCUT2D eigenvalue weighted by Crippen LogP contribution is 2.44. The Morgan fingerprint density at radius 2 is 2.11 bits per heavy atom. The Balaban J connectivity index is 1.74. The van der Waals surface area contributed by atoms with Crippen molar-refractivity contribution in [2.24, 2.45) is 5.41 Å². The number of aryl methyl sites for hydroxylation is 1. The molecule has 98 valence electrons. The molecule has 0 atom stereocenters. The van der Waals surface area contributed by atoms with Gasteiger partial charge in [-0.2, -0.15) is 0 Å². The van der Waals surface area contributed by atoms with Gasteiger partial charge in [-0.3, -0.25) is 4.79 Å². The standard InChI is InChI=1S/C14H20N2O2/c15-12-4-2-1-3-11(12)5-6-13(18)16-9-14(10-17)7-8-14/h1-4,17H,5-10,15H2,(H,16,18). The molecule has 1 aliphatic rings. The molecule has 1 aromatic rings. The summed E-state index contributed by atoms with van der Waals surface area (Å²) in [5, 5.41) is 12.0. The van der Waals surface area contributed by atoms with Crippen molar-refractivity contribution in [3.8, 4) is 0 Å². The molecule has 2 rings (SSSR count). The van der Waals surface area contributed by atoms with Gasteiger partial charge in [0.15, 0.2) is 0 Å². The summed E-state index contributed by atoms with van der Waals surface area (Å²) in [4.78, 5) is 11.7. The van der Waals surface area contributed by atoms with Crippen LogP contribution in [-0.4, -0.2) is 24.2 Å². The van der Waals surface area contributed by atoms with Crippen LogP contribution in [0.25, 0.3) is 0 Å². The van der Waals surface area contributed by atoms with Gasteiger partial charge in [0.2, 0.25) is 5.91 Å². The maximum Gasteiger partial charge on any atom is 0.220 e. The molecule has 4 nitrogen and oxygen atoms in total. The van der Waals surface area contributed by atoms with Gasteiger partial charge >= 0.3 is 0 Å². The number of amides is 1. The van der Waals surface area contributed by atoms with Gasteiger partial charge < -0.3 is 16.2 Å². The number of anilines is 1. The van der Waals surface area contributed by atoms with Crippen LogP contribution in [0, 0.1) is 5.41 Å². The highest BCUT2D eigenvalue weighted by Gasteiger charge is 2.41. The summed E-state index contributed by atoms with van der Waals surface area (Å²) >= 11 is 0. The number of carbonyl (C=O) groups is 1. The Morgan fingerprint density at radius 3 is 2.72 bits per heavy atom. The summed E-state index contributed by atoms with van der Waals surface area (Å²) in [6.07, 6.45) is 3.12. The molecule has 0 saturated heterocycles. The van der Waals surface area contributed by atoms with E-state index in [0.717, 1.165) is 24.1 Å². The summed E-state index contributed by atoms with van der Waals surface area (Å²) in [6.45, 7) is 0.755. The van der Waals surface area contributed by atoms with Crippen LogP contribution < -0.4 is 11.1 Å². The monoisotopic (exact) mass is 248 g/mol. The number of benzene rings is 1. The molecular formula is C14H20N2O2. The molecule has 0 heterocycles. The van der Waals surface area contributed by atoms with Crippen molar-refractivity contribution in [1.29, 1.82) is 0 Å². The van der Waals surface area contributed by atoms with Gasteiger partial charge in [-0.05, 0) is 30.9 Å². The van der Waals surface area contributed by atoms with E-state index >= 15 is 0 Å². The molecule has 1 aromatic carbocycles. The predicted octanol–water partition coefficient (Wildman–Crippen LogP) is 1.09. The summed E-state index contributed by atoms with van der Waals surface area (Å²) in [5.41, 5.74) is 7.54. The minimum atomic E-state index is -0.0264. The van der Waals surface area contributed by atoms with Crippen LogP contribution in [-0.2, 0) is 11.2 Å². The average Bonchev–Trinajstić information content (AvgIpc) is 3.16. The lowest BCUT2D eigenvalue weighted by atomic mass is 10.1.